The Kier molecular flexibility index (Phi) is 3.23. The molecule has 3 nitrogen and oxygen atoms in total. The van der Waals surface area contributed by atoms with E-state index < -0.39 is 0 Å². The molecule has 2 heterocycles. The first kappa shape index (κ1) is 12.2. The second kappa shape index (κ2) is 5.03. The quantitative estimate of drug-likeness (QED) is 0.797. The van der Waals surface area contributed by atoms with Crippen LogP contribution in [-0.2, 0) is 6.61 Å². The summed E-state index contributed by atoms with van der Waals surface area (Å²) in [6, 6.07) is 12.1. The molecule has 0 atom stereocenters. The largest absolute Gasteiger partial charge is 0.390 e. The fourth-order valence-corrected chi connectivity index (χ4v) is 2.82. The molecule has 0 spiro atoms. The van der Waals surface area contributed by atoms with Gasteiger partial charge in [-0.25, -0.2) is 9.37 Å². The number of hydrogen-bond acceptors (Lipinski definition) is 3. The Hall–Kier alpha value is -1.85. The molecule has 0 bridgehead atoms. The van der Waals surface area contributed by atoms with E-state index in [4.69, 9.17) is 0 Å². The Morgan fingerprint density at radius 2 is 1.95 bits per heavy atom. The van der Waals surface area contributed by atoms with Crippen LogP contribution in [0.25, 0.3) is 5.65 Å². The van der Waals surface area contributed by atoms with Gasteiger partial charge in [0, 0.05) is 11.1 Å². The van der Waals surface area contributed by atoms with E-state index in [1.165, 1.54) is 17.8 Å². The van der Waals surface area contributed by atoms with Gasteiger partial charge in [0.15, 0.2) is 0 Å². The van der Waals surface area contributed by atoms with E-state index in [9.17, 15) is 9.50 Å². The molecule has 0 fully saturated rings. The lowest BCUT2D eigenvalue weighted by Crippen LogP contribution is -1.92. The SMILES string of the molecule is OCc1c(Sc2ccccc2F)nc2ccccn12. The van der Waals surface area contributed by atoms with Crippen molar-refractivity contribution in [3.63, 3.8) is 0 Å². The maximum absolute atomic E-state index is 13.6. The molecule has 0 aliphatic carbocycles. The normalized spacial score (nSPS) is 11.1. The number of pyridine rings is 1. The van der Waals surface area contributed by atoms with Crippen LogP contribution in [0.1, 0.15) is 5.69 Å². The topological polar surface area (TPSA) is 37.5 Å². The summed E-state index contributed by atoms with van der Waals surface area (Å²) < 4.78 is 15.5. The van der Waals surface area contributed by atoms with Gasteiger partial charge in [0.25, 0.3) is 0 Å². The number of imidazole rings is 1. The summed E-state index contributed by atoms with van der Waals surface area (Å²) in [5.74, 6) is -0.284. The van der Waals surface area contributed by atoms with E-state index in [0.717, 1.165) is 5.65 Å². The summed E-state index contributed by atoms with van der Waals surface area (Å²) in [5, 5.41) is 10.1. The Morgan fingerprint density at radius 1 is 1.16 bits per heavy atom. The first-order chi connectivity index (χ1) is 9.29. The van der Waals surface area contributed by atoms with E-state index in [1.807, 2.05) is 28.8 Å². The van der Waals surface area contributed by atoms with Gasteiger partial charge in [-0.2, -0.15) is 0 Å². The van der Waals surface area contributed by atoms with Gasteiger partial charge < -0.3 is 9.51 Å². The average molecular weight is 274 g/mol. The van der Waals surface area contributed by atoms with Crippen LogP contribution in [0.2, 0.25) is 0 Å². The minimum absolute atomic E-state index is 0.137. The molecule has 1 aromatic carbocycles. The van der Waals surface area contributed by atoms with Crippen molar-refractivity contribution in [2.24, 2.45) is 0 Å². The van der Waals surface area contributed by atoms with Gasteiger partial charge in [-0.15, -0.1) is 0 Å². The van der Waals surface area contributed by atoms with Crippen LogP contribution in [0, 0.1) is 5.82 Å². The molecule has 0 saturated heterocycles. The molecule has 3 aromatic rings. The van der Waals surface area contributed by atoms with E-state index in [1.54, 1.807) is 18.2 Å². The van der Waals surface area contributed by atoms with Crippen molar-refractivity contribution in [3.8, 4) is 0 Å². The van der Waals surface area contributed by atoms with E-state index in [0.29, 0.717) is 15.6 Å². The third-order valence-corrected chi connectivity index (χ3v) is 3.86. The molecule has 96 valence electrons. The van der Waals surface area contributed by atoms with Gasteiger partial charge >= 0.3 is 0 Å². The van der Waals surface area contributed by atoms with Crippen LogP contribution < -0.4 is 0 Å². The van der Waals surface area contributed by atoms with Crippen molar-refractivity contribution >= 4 is 17.4 Å². The highest BCUT2D eigenvalue weighted by Gasteiger charge is 2.13. The third-order valence-electron chi connectivity index (χ3n) is 2.79. The second-order valence-corrected chi connectivity index (χ2v) is 5.01. The molecular weight excluding hydrogens is 263 g/mol. The first-order valence-corrected chi connectivity index (χ1v) is 6.60. The van der Waals surface area contributed by atoms with E-state index in [2.05, 4.69) is 4.98 Å². The summed E-state index contributed by atoms with van der Waals surface area (Å²) in [5.41, 5.74) is 1.41. The number of hydrogen-bond donors (Lipinski definition) is 1. The fraction of sp³-hybridized carbons (Fsp3) is 0.0714. The maximum Gasteiger partial charge on any atom is 0.138 e. The molecule has 0 saturated carbocycles. The zero-order valence-electron chi connectivity index (χ0n) is 9.95. The van der Waals surface area contributed by atoms with E-state index >= 15 is 0 Å². The lowest BCUT2D eigenvalue weighted by Gasteiger charge is -2.02. The summed E-state index contributed by atoms with van der Waals surface area (Å²) in [6.07, 6.45) is 1.83. The predicted octanol–water partition coefficient (Wildman–Crippen LogP) is 3.12. The van der Waals surface area contributed by atoms with Crippen LogP contribution in [0.4, 0.5) is 4.39 Å². The maximum atomic E-state index is 13.6. The highest BCUT2D eigenvalue weighted by molar-refractivity contribution is 7.99. The monoisotopic (exact) mass is 274 g/mol. The van der Waals surface area contributed by atoms with Crippen molar-refractivity contribution in [2.45, 2.75) is 16.5 Å². The van der Waals surface area contributed by atoms with E-state index in [-0.39, 0.29) is 12.4 Å². The fourth-order valence-electron chi connectivity index (χ4n) is 1.88. The highest BCUT2D eigenvalue weighted by Crippen LogP contribution is 2.32. The zero-order chi connectivity index (χ0) is 13.2. The molecule has 0 radical (unpaired) electrons. The molecule has 3 rings (SSSR count). The molecule has 1 N–H and O–H groups in total. The molecule has 0 aliphatic rings. The van der Waals surface area contributed by atoms with Crippen LogP contribution in [0.5, 0.6) is 0 Å². The van der Waals surface area contributed by atoms with Crippen LogP contribution in [0.3, 0.4) is 0 Å². The van der Waals surface area contributed by atoms with Crippen molar-refractivity contribution in [3.05, 3.63) is 60.2 Å². The van der Waals surface area contributed by atoms with Crippen molar-refractivity contribution < 1.29 is 9.50 Å². The molecule has 19 heavy (non-hydrogen) atoms. The van der Waals surface area contributed by atoms with Gasteiger partial charge in [0.2, 0.25) is 0 Å². The number of aromatic nitrogens is 2. The van der Waals surface area contributed by atoms with Crippen LogP contribution >= 0.6 is 11.8 Å². The number of fused-ring (bicyclic) bond motifs is 1. The number of aliphatic hydroxyl groups is 1. The van der Waals surface area contributed by atoms with Crippen molar-refractivity contribution in [1.82, 2.24) is 9.38 Å². The molecule has 2 aromatic heterocycles. The predicted molar refractivity (Wildman–Crippen MR) is 71.6 cm³/mol. The molecular formula is C14H11FN2OS. The summed E-state index contributed by atoms with van der Waals surface area (Å²) in [7, 11) is 0. The summed E-state index contributed by atoms with van der Waals surface area (Å²) >= 11 is 1.22. The number of halogens is 1. The third kappa shape index (κ3) is 2.22. The summed E-state index contributed by atoms with van der Waals surface area (Å²) in [6.45, 7) is -0.137. The smallest absolute Gasteiger partial charge is 0.138 e. The lowest BCUT2D eigenvalue weighted by molar-refractivity contribution is 0.272. The Morgan fingerprint density at radius 3 is 2.74 bits per heavy atom. The minimum Gasteiger partial charge on any atom is -0.390 e. The second-order valence-electron chi connectivity index (χ2n) is 3.98. The molecule has 0 unspecified atom stereocenters. The van der Waals surface area contributed by atoms with Crippen LogP contribution in [0.15, 0.2) is 58.6 Å². The first-order valence-electron chi connectivity index (χ1n) is 5.79. The standard InChI is InChI=1S/C14H11FN2OS/c15-10-5-1-2-6-12(10)19-14-11(9-18)17-8-4-3-7-13(17)16-14/h1-8,18H,9H2. The zero-order valence-corrected chi connectivity index (χ0v) is 10.8. The highest BCUT2D eigenvalue weighted by atomic mass is 32.2. The summed E-state index contributed by atoms with van der Waals surface area (Å²) in [4.78, 5) is 4.92. The van der Waals surface area contributed by atoms with Gasteiger partial charge in [-0.05, 0) is 24.3 Å². The Bertz CT molecular complexity index is 726. The Labute approximate surface area is 113 Å². The molecule has 5 heteroatoms. The van der Waals surface area contributed by atoms with Crippen molar-refractivity contribution in [2.75, 3.05) is 0 Å². The average Bonchev–Trinajstić information content (AvgIpc) is 2.78. The lowest BCUT2D eigenvalue weighted by atomic mass is 10.3. The number of benzene rings is 1. The Balaban J connectivity index is 2.08. The minimum atomic E-state index is -0.284. The number of aliphatic hydroxyl groups excluding tert-OH is 1. The molecule has 0 amide bonds. The van der Waals surface area contributed by atoms with Crippen LogP contribution in [-0.4, -0.2) is 14.5 Å². The molecule has 0 aliphatic heterocycles. The van der Waals surface area contributed by atoms with Gasteiger partial charge in [-0.1, -0.05) is 30.0 Å². The van der Waals surface area contributed by atoms with Gasteiger partial charge in [0.05, 0.1) is 12.3 Å². The van der Waals surface area contributed by atoms with Gasteiger partial charge in [0.1, 0.15) is 16.5 Å². The van der Waals surface area contributed by atoms with Crippen molar-refractivity contribution in [1.29, 1.82) is 0 Å². The number of rotatable bonds is 3. The van der Waals surface area contributed by atoms with Gasteiger partial charge in [-0.3, -0.25) is 0 Å². The number of nitrogens with zero attached hydrogens (tertiary/aromatic N) is 2.